The fourth-order valence-electron chi connectivity index (χ4n) is 1.98. The van der Waals surface area contributed by atoms with Gasteiger partial charge in [-0.3, -0.25) is 4.79 Å². The van der Waals surface area contributed by atoms with Crippen molar-refractivity contribution in [1.29, 1.82) is 0 Å². The molecule has 1 heterocycles. The second kappa shape index (κ2) is 4.43. The van der Waals surface area contributed by atoms with Crippen molar-refractivity contribution >= 4 is 11.6 Å². The number of hydrogen-bond donors (Lipinski definition) is 1. The van der Waals surface area contributed by atoms with Crippen LogP contribution in [0.2, 0.25) is 0 Å². The van der Waals surface area contributed by atoms with E-state index in [9.17, 15) is 4.79 Å². The topological polar surface area (TPSA) is 54.9 Å². The maximum atomic E-state index is 11.5. The Bertz CT molecular complexity index is 452. The minimum absolute atomic E-state index is 0.238. The molecule has 0 radical (unpaired) electrons. The lowest BCUT2D eigenvalue weighted by atomic mass is 10.1. The van der Waals surface area contributed by atoms with Gasteiger partial charge in [0.15, 0.2) is 0 Å². The Labute approximate surface area is 102 Å². The van der Waals surface area contributed by atoms with Gasteiger partial charge in [-0.05, 0) is 13.8 Å². The van der Waals surface area contributed by atoms with Crippen molar-refractivity contribution in [2.24, 2.45) is 0 Å². The quantitative estimate of drug-likeness (QED) is 0.868. The number of carbonyl (C=O) groups is 1. The van der Waals surface area contributed by atoms with Crippen molar-refractivity contribution in [2.45, 2.75) is 52.5 Å². The van der Waals surface area contributed by atoms with E-state index >= 15 is 0 Å². The normalized spacial score (nSPS) is 14.6. The molecule has 2 rings (SSSR count). The zero-order chi connectivity index (χ0) is 12.6. The smallest absolute Gasteiger partial charge is 0.143 e. The fraction of sp³-hybridized carbons (Fsp3) is 0.615. The van der Waals surface area contributed by atoms with Crippen molar-refractivity contribution in [2.75, 3.05) is 5.32 Å². The van der Waals surface area contributed by atoms with Crippen molar-refractivity contribution in [1.82, 2.24) is 9.97 Å². The van der Waals surface area contributed by atoms with Gasteiger partial charge in [0.05, 0.1) is 5.69 Å². The highest BCUT2D eigenvalue weighted by Gasteiger charge is 2.25. The van der Waals surface area contributed by atoms with Crippen LogP contribution in [-0.2, 0) is 17.6 Å². The highest BCUT2D eigenvalue weighted by atomic mass is 16.1. The van der Waals surface area contributed by atoms with Crippen LogP contribution in [-0.4, -0.2) is 21.8 Å². The third-order valence-corrected chi connectivity index (χ3v) is 2.79. The summed E-state index contributed by atoms with van der Waals surface area (Å²) < 4.78 is 0. The monoisotopic (exact) mass is 233 g/mol. The third-order valence-electron chi connectivity index (χ3n) is 2.79. The van der Waals surface area contributed by atoms with E-state index in [2.05, 4.69) is 43.0 Å². The largest absolute Gasteiger partial charge is 0.368 e. The molecule has 0 unspecified atom stereocenters. The van der Waals surface area contributed by atoms with E-state index in [1.54, 1.807) is 0 Å². The van der Waals surface area contributed by atoms with Crippen LogP contribution in [0.25, 0.3) is 0 Å². The lowest BCUT2D eigenvalue weighted by Crippen LogP contribution is -2.15. The van der Waals surface area contributed by atoms with Crippen LogP contribution in [0.5, 0.6) is 0 Å². The zero-order valence-electron chi connectivity index (χ0n) is 10.9. The van der Waals surface area contributed by atoms with Gasteiger partial charge >= 0.3 is 0 Å². The summed E-state index contributed by atoms with van der Waals surface area (Å²) >= 11 is 0. The van der Waals surface area contributed by atoms with E-state index in [0.717, 1.165) is 22.9 Å². The number of ketones is 1. The Kier molecular flexibility index (Phi) is 3.13. The van der Waals surface area contributed by atoms with Crippen LogP contribution in [0.15, 0.2) is 0 Å². The molecule has 0 bridgehead atoms. The number of Topliss-reactive ketones (excluding diaryl/α,β-unsaturated/α-hetero) is 1. The van der Waals surface area contributed by atoms with E-state index in [-0.39, 0.29) is 11.7 Å². The van der Waals surface area contributed by atoms with Gasteiger partial charge in [0.1, 0.15) is 17.4 Å². The average Bonchev–Trinajstić information content (AvgIpc) is 2.57. The molecule has 0 saturated heterocycles. The second-order valence-electron chi connectivity index (χ2n) is 5.20. The molecule has 92 valence electrons. The summed E-state index contributed by atoms with van der Waals surface area (Å²) in [6.45, 7) is 8.27. The summed E-state index contributed by atoms with van der Waals surface area (Å²) in [5.41, 5.74) is 1.91. The fourth-order valence-corrected chi connectivity index (χ4v) is 1.98. The minimum atomic E-state index is 0.238. The number of anilines is 1. The molecule has 1 aromatic heterocycles. The molecule has 1 aliphatic carbocycles. The van der Waals surface area contributed by atoms with E-state index in [1.807, 2.05) is 0 Å². The summed E-state index contributed by atoms with van der Waals surface area (Å²) in [6, 6.07) is 0.310. The molecule has 0 fully saturated rings. The van der Waals surface area contributed by atoms with E-state index in [1.165, 1.54) is 0 Å². The molecule has 0 atom stereocenters. The Morgan fingerprint density at radius 3 is 2.41 bits per heavy atom. The first-order chi connectivity index (χ1) is 7.97. The van der Waals surface area contributed by atoms with Crippen LogP contribution in [0.1, 0.15) is 50.7 Å². The molecule has 1 aliphatic rings. The molecule has 0 aliphatic heterocycles. The maximum Gasteiger partial charge on any atom is 0.143 e. The first-order valence-electron chi connectivity index (χ1n) is 6.15. The number of aromatic nitrogens is 2. The molecular weight excluding hydrogens is 214 g/mol. The lowest BCUT2D eigenvalue weighted by Gasteiger charge is -2.15. The van der Waals surface area contributed by atoms with Gasteiger partial charge in [-0.2, -0.15) is 0 Å². The molecule has 1 N–H and O–H groups in total. The standard InChI is InChI=1S/C13H19N3O/c1-7(2)12-15-11-6-9(17)5-10(11)13(16-12)14-8(3)4/h7-8H,5-6H2,1-4H3,(H,14,15,16). The number of nitrogens with one attached hydrogen (secondary N) is 1. The number of hydrogen-bond acceptors (Lipinski definition) is 4. The molecule has 4 heteroatoms. The molecule has 0 saturated carbocycles. The van der Waals surface area contributed by atoms with Gasteiger partial charge in [0, 0.05) is 30.4 Å². The molecule has 0 amide bonds. The number of fused-ring (bicyclic) bond motifs is 1. The summed E-state index contributed by atoms with van der Waals surface area (Å²) in [5.74, 6) is 2.19. The molecular formula is C13H19N3O. The average molecular weight is 233 g/mol. The zero-order valence-corrected chi connectivity index (χ0v) is 10.9. The van der Waals surface area contributed by atoms with Gasteiger partial charge in [-0.1, -0.05) is 13.8 Å². The first-order valence-corrected chi connectivity index (χ1v) is 6.15. The molecule has 1 aromatic rings. The van der Waals surface area contributed by atoms with Crippen LogP contribution < -0.4 is 5.32 Å². The Balaban J connectivity index is 2.45. The van der Waals surface area contributed by atoms with Gasteiger partial charge in [0.2, 0.25) is 0 Å². The minimum Gasteiger partial charge on any atom is -0.368 e. The first kappa shape index (κ1) is 12.0. The number of rotatable bonds is 3. The van der Waals surface area contributed by atoms with Gasteiger partial charge in [-0.25, -0.2) is 9.97 Å². The summed E-state index contributed by atoms with van der Waals surface area (Å²) in [4.78, 5) is 20.6. The molecule has 17 heavy (non-hydrogen) atoms. The van der Waals surface area contributed by atoms with Gasteiger partial charge in [0.25, 0.3) is 0 Å². The van der Waals surface area contributed by atoms with Crippen LogP contribution in [0.3, 0.4) is 0 Å². The third kappa shape index (κ3) is 2.46. The van der Waals surface area contributed by atoms with Crippen LogP contribution in [0.4, 0.5) is 5.82 Å². The Hall–Kier alpha value is -1.45. The highest BCUT2D eigenvalue weighted by Crippen LogP contribution is 2.26. The molecule has 0 aromatic carbocycles. The van der Waals surface area contributed by atoms with Crippen molar-refractivity contribution in [3.63, 3.8) is 0 Å². The van der Waals surface area contributed by atoms with Crippen molar-refractivity contribution in [3.8, 4) is 0 Å². The molecule has 0 spiro atoms. The predicted octanol–water partition coefficient (Wildman–Crippen LogP) is 2.09. The Morgan fingerprint density at radius 1 is 1.12 bits per heavy atom. The van der Waals surface area contributed by atoms with E-state index < -0.39 is 0 Å². The lowest BCUT2D eigenvalue weighted by molar-refractivity contribution is -0.117. The second-order valence-corrected chi connectivity index (χ2v) is 5.20. The van der Waals surface area contributed by atoms with Crippen molar-refractivity contribution in [3.05, 3.63) is 17.1 Å². The summed E-state index contributed by atoms with van der Waals surface area (Å²) in [6.07, 6.45) is 0.938. The summed E-state index contributed by atoms with van der Waals surface area (Å²) in [5, 5.41) is 3.32. The van der Waals surface area contributed by atoms with Gasteiger partial charge in [-0.15, -0.1) is 0 Å². The van der Waals surface area contributed by atoms with Crippen molar-refractivity contribution < 1.29 is 4.79 Å². The Morgan fingerprint density at radius 2 is 1.82 bits per heavy atom. The van der Waals surface area contributed by atoms with E-state index in [4.69, 9.17) is 0 Å². The van der Waals surface area contributed by atoms with E-state index in [0.29, 0.717) is 18.9 Å². The van der Waals surface area contributed by atoms with Crippen LogP contribution in [0, 0.1) is 0 Å². The van der Waals surface area contributed by atoms with Gasteiger partial charge < -0.3 is 5.32 Å². The maximum absolute atomic E-state index is 11.5. The molecule has 4 nitrogen and oxygen atoms in total. The predicted molar refractivity (Wildman–Crippen MR) is 67.3 cm³/mol. The number of nitrogens with zero attached hydrogens (tertiary/aromatic N) is 2. The highest BCUT2D eigenvalue weighted by molar-refractivity contribution is 5.89. The van der Waals surface area contributed by atoms with Crippen LogP contribution >= 0.6 is 0 Å². The summed E-state index contributed by atoms with van der Waals surface area (Å²) in [7, 11) is 0. The SMILES string of the molecule is CC(C)Nc1nc(C(C)C)nc2c1CC(=O)C2. The number of carbonyl (C=O) groups excluding carboxylic acids is 1.